The minimum Gasteiger partial charge on any atom is -0.303 e. The van der Waals surface area contributed by atoms with Crippen LogP contribution < -0.4 is 4.72 Å². The van der Waals surface area contributed by atoms with E-state index in [9.17, 15) is 13.2 Å². The van der Waals surface area contributed by atoms with Crippen LogP contribution in [0.2, 0.25) is 0 Å². The molecule has 6 heteroatoms. The fourth-order valence-electron chi connectivity index (χ4n) is 3.10. The average Bonchev–Trinajstić information content (AvgIpc) is 3.20. The van der Waals surface area contributed by atoms with E-state index in [1.807, 2.05) is 12.1 Å². The van der Waals surface area contributed by atoms with Crippen molar-refractivity contribution in [3.63, 3.8) is 0 Å². The average molecular weight is 403 g/mol. The highest BCUT2D eigenvalue weighted by molar-refractivity contribution is 7.93. The molecule has 0 aliphatic carbocycles. The lowest BCUT2D eigenvalue weighted by Crippen LogP contribution is -2.33. The Balaban J connectivity index is 2.06. The molecule has 1 unspecified atom stereocenters. The molecular weight excluding hydrogens is 372 g/mol. The van der Waals surface area contributed by atoms with E-state index in [1.54, 1.807) is 12.2 Å². The number of rotatable bonds is 10. The van der Waals surface area contributed by atoms with E-state index >= 15 is 0 Å². The SMILES string of the molecule is C=C/C(=C\C=C(/C)S(=O)(=O)NC(C)C=O)c1ccc(CCN2CCCC2)cc1. The van der Waals surface area contributed by atoms with Crippen LogP contribution in [0.5, 0.6) is 0 Å². The Hall–Kier alpha value is -2.02. The molecule has 1 fully saturated rings. The second-order valence-corrected chi connectivity index (χ2v) is 9.03. The molecule has 1 N–H and O–H groups in total. The molecule has 0 radical (unpaired) electrons. The van der Waals surface area contributed by atoms with E-state index in [2.05, 4.69) is 28.3 Å². The number of nitrogens with one attached hydrogen (secondary N) is 1. The summed E-state index contributed by atoms with van der Waals surface area (Å²) in [4.78, 5) is 13.3. The lowest BCUT2D eigenvalue weighted by atomic mass is 10.0. The molecule has 0 aromatic heterocycles. The first-order valence-electron chi connectivity index (χ1n) is 9.66. The number of carbonyl (C=O) groups is 1. The first-order valence-corrected chi connectivity index (χ1v) is 11.1. The smallest absolute Gasteiger partial charge is 0.237 e. The first-order chi connectivity index (χ1) is 13.4. The second kappa shape index (κ2) is 10.5. The summed E-state index contributed by atoms with van der Waals surface area (Å²) in [5.41, 5.74) is 3.11. The normalized spacial score (nSPS) is 17.5. The van der Waals surface area contributed by atoms with Crippen molar-refractivity contribution >= 4 is 21.9 Å². The van der Waals surface area contributed by atoms with Crippen LogP contribution in [0.1, 0.15) is 37.8 Å². The molecule has 1 saturated heterocycles. The van der Waals surface area contributed by atoms with E-state index in [1.165, 1.54) is 51.4 Å². The zero-order valence-electron chi connectivity index (χ0n) is 16.7. The summed E-state index contributed by atoms with van der Waals surface area (Å²) in [6.07, 6.45) is 9.16. The molecule has 0 spiro atoms. The summed E-state index contributed by atoms with van der Waals surface area (Å²) in [7, 11) is -3.68. The van der Waals surface area contributed by atoms with Crippen molar-refractivity contribution in [2.75, 3.05) is 19.6 Å². The van der Waals surface area contributed by atoms with Crippen LogP contribution in [0.25, 0.3) is 5.57 Å². The van der Waals surface area contributed by atoms with Crippen molar-refractivity contribution in [1.82, 2.24) is 9.62 Å². The molecule has 1 aromatic carbocycles. The quantitative estimate of drug-likeness (QED) is 0.482. The number of sulfonamides is 1. The minimum atomic E-state index is -3.68. The van der Waals surface area contributed by atoms with E-state index in [4.69, 9.17) is 0 Å². The van der Waals surface area contributed by atoms with Gasteiger partial charge in [0.05, 0.1) is 10.9 Å². The lowest BCUT2D eigenvalue weighted by Gasteiger charge is -2.14. The third-order valence-corrected chi connectivity index (χ3v) is 6.56. The van der Waals surface area contributed by atoms with Crippen molar-refractivity contribution < 1.29 is 13.2 Å². The van der Waals surface area contributed by atoms with Gasteiger partial charge in [0.15, 0.2) is 0 Å². The summed E-state index contributed by atoms with van der Waals surface area (Å²) in [5, 5.41) is 0. The highest BCUT2D eigenvalue weighted by atomic mass is 32.2. The standard InChI is InChI=1S/C22H30N2O3S/c1-4-21(10-7-19(3)28(26,27)23-18(2)17-25)22-11-8-20(9-12-22)13-16-24-14-5-6-15-24/h4,7-12,17-18,23H,1,5-6,13-16H2,2-3H3/b19-7+,21-10+. The maximum absolute atomic E-state index is 12.2. The van der Waals surface area contributed by atoms with Gasteiger partial charge >= 0.3 is 0 Å². The maximum Gasteiger partial charge on any atom is 0.237 e. The molecular formula is C22H30N2O3S. The zero-order valence-corrected chi connectivity index (χ0v) is 17.5. The Bertz CT molecular complexity index is 833. The molecule has 1 aromatic rings. The summed E-state index contributed by atoms with van der Waals surface area (Å²) in [5.74, 6) is 0. The third-order valence-electron chi connectivity index (χ3n) is 4.89. The van der Waals surface area contributed by atoms with Gasteiger partial charge in [-0.1, -0.05) is 43.0 Å². The van der Waals surface area contributed by atoms with Gasteiger partial charge in [-0.2, -0.15) is 0 Å². The maximum atomic E-state index is 12.2. The van der Waals surface area contributed by atoms with Crippen molar-refractivity contribution in [2.45, 2.75) is 39.2 Å². The molecule has 1 heterocycles. The van der Waals surface area contributed by atoms with Crippen LogP contribution in [-0.4, -0.2) is 45.3 Å². The van der Waals surface area contributed by atoms with Crippen molar-refractivity contribution in [3.8, 4) is 0 Å². The molecule has 0 amide bonds. The minimum absolute atomic E-state index is 0.141. The Morgan fingerprint density at radius 1 is 1.21 bits per heavy atom. The topological polar surface area (TPSA) is 66.5 Å². The number of benzene rings is 1. The van der Waals surface area contributed by atoms with Gasteiger partial charge in [0.1, 0.15) is 6.29 Å². The van der Waals surface area contributed by atoms with Crippen LogP contribution in [0.15, 0.2) is 54.0 Å². The van der Waals surface area contributed by atoms with Gasteiger partial charge in [0, 0.05) is 6.54 Å². The van der Waals surface area contributed by atoms with Gasteiger partial charge in [0.2, 0.25) is 10.0 Å². The van der Waals surface area contributed by atoms with Crippen LogP contribution in [-0.2, 0) is 21.2 Å². The number of aldehydes is 1. The highest BCUT2D eigenvalue weighted by Crippen LogP contribution is 2.18. The summed E-state index contributed by atoms with van der Waals surface area (Å²) >= 11 is 0. The van der Waals surface area contributed by atoms with Crippen LogP contribution in [0, 0.1) is 0 Å². The summed E-state index contributed by atoms with van der Waals surface area (Å²) < 4.78 is 26.6. The number of hydrogen-bond donors (Lipinski definition) is 1. The fraction of sp³-hybridized carbons (Fsp3) is 0.409. The largest absolute Gasteiger partial charge is 0.303 e. The molecule has 2 rings (SSSR count). The van der Waals surface area contributed by atoms with Gasteiger partial charge in [0.25, 0.3) is 0 Å². The summed E-state index contributed by atoms with van der Waals surface area (Å²) in [6, 6.07) is 7.55. The van der Waals surface area contributed by atoms with Crippen LogP contribution in [0.3, 0.4) is 0 Å². The third kappa shape index (κ3) is 6.55. The van der Waals surface area contributed by atoms with Gasteiger partial charge in [-0.05, 0) is 69.0 Å². The van der Waals surface area contributed by atoms with Gasteiger partial charge in [-0.25, -0.2) is 13.1 Å². The number of carbonyl (C=O) groups excluding carboxylic acids is 1. The molecule has 1 aliphatic heterocycles. The number of allylic oxidation sites excluding steroid dienone is 5. The Kier molecular flexibility index (Phi) is 8.35. The predicted molar refractivity (Wildman–Crippen MR) is 115 cm³/mol. The van der Waals surface area contributed by atoms with Gasteiger partial charge in [-0.15, -0.1) is 0 Å². The van der Waals surface area contributed by atoms with E-state index in [0.717, 1.165) is 24.1 Å². The lowest BCUT2D eigenvalue weighted by molar-refractivity contribution is -0.108. The second-order valence-electron chi connectivity index (χ2n) is 7.15. The molecule has 1 aliphatic rings. The molecule has 0 saturated carbocycles. The van der Waals surface area contributed by atoms with Crippen LogP contribution >= 0.6 is 0 Å². The predicted octanol–water partition coefficient (Wildman–Crippen LogP) is 3.30. The first kappa shape index (κ1) is 22.3. The number of likely N-dealkylation sites (tertiary alicyclic amines) is 1. The zero-order chi connectivity index (χ0) is 20.6. The Morgan fingerprint density at radius 2 is 1.86 bits per heavy atom. The highest BCUT2D eigenvalue weighted by Gasteiger charge is 2.15. The van der Waals surface area contributed by atoms with Gasteiger partial charge < -0.3 is 9.69 Å². The monoisotopic (exact) mass is 402 g/mol. The van der Waals surface area contributed by atoms with Crippen LogP contribution in [0.4, 0.5) is 0 Å². The molecule has 5 nitrogen and oxygen atoms in total. The number of nitrogens with zero attached hydrogens (tertiary/aromatic N) is 1. The Morgan fingerprint density at radius 3 is 2.43 bits per heavy atom. The van der Waals surface area contributed by atoms with E-state index in [0.29, 0.717) is 6.29 Å². The molecule has 0 bridgehead atoms. The van der Waals surface area contributed by atoms with Crippen molar-refractivity contribution in [3.05, 3.63) is 65.1 Å². The van der Waals surface area contributed by atoms with Crippen molar-refractivity contribution in [1.29, 1.82) is 0 Å². The molecule has 1 atom stereocenters. The fourth-order valence-corrected chi connectivity index (χ4v) is 4.08. The molecule has 28 heavy (non-hydrogen) atoms. The van der Waals surface area contributed by atoms with E-state index in [-0.39, 0.29) is 4.91 Å². The number of hydrogen-bond acceptors (Lipinski definition) is 4. The Labute approximate surface area is 168 Å². The molecule has 152 valence electrons. The van der Waals surface area contributed by atoms with E-state index < -0.39 is 16.1 Å². The van der Waals surface area contributed by atoms with Gasteiger partial charge in [-0.3, -0.25) is 0 Å². The summed E-state index contributed by atoms with van der Waals surface area (Å²) in [6.45, 7) is 10.3. The van der Waals surface area contributed by atoms with Crippen molar-refractivity contribution in [2.24, 2.45) is 0 Å².